The molecule has 0 radical (unpaired) electrons. The topological polar surface area (TPSA) is 67.4 Å². The zero-order chi connectivity index (χ0) is 23.8. The SMILES string of the molecule is CCCC(=O)Nc1cccc(SC(C(=O)Nc2cc(C)c(Cl)cc2OC)c2ccccc2)c1. The summed E-state index contributed by atoms with van der Waals surface area (Å²) >= 11 is 7.63. The lowest BCUT2D eigenvalue weighted by molar-refractivity contribution is -0.116. The highest BCUT2D eigenvalue weighted by Crippen LogP contribution is 2.38. The second-order valence-electron chi connectivity index (χ2n) is 7.53. The van der Waals surface area contributed by atoms with Crippen LogP contribution in [0, 0.1) is 6.92 Å². The van der Waals surface area contributed by atoms with Crippen LogP contribution in [0.4, 0.5) is 11.4 Å². The quantitative estimate of drug-likeness (QED) is 0.326. The maximum atomic E-state index is 13.4. The van der Waals surface area contributed by atoms with E-state index in [1.165, 1.54) is 11.8 Å². The molecule has 0 bridgehead atoms. The summed E-state index contributed by atoms with van der Waals surface area (Å²) < 4.78 is 5.41. The molecule has 3 aromatic rings. The minimum Gasteiger partial charge on any atom is -0.495 e. The number of nitrogens with one attached hydrogen (secondary N) is 2. The molecule has 0 aliphatic heterocycles. The predicted octanol–water partition coefficient (Wildman–Crippen LogP) is 6.87. The first kappa shape index (κ1) is 24.7. The molecule has 0 saturated heterocycles. The summed E-state index contributed by atoms with van der Waals surface area (Å²) in [5.41, 5.74) is 2.98. The minimum atomic E-state index is -0.520. The predicted molar refractivity (Wildman–Crippen MR) is 136 cm³/mol. The molecule has 0 spiro atoms. The van der Waals surface area contributed by atoms with Gasteiger partial charge in [-0.25, -0.2) is 0 Å². The van der Waals surface area contributed by atoms with Crippen molar-refractivity contribution in [2.24, 2.45) is 0 Å². The smallest absolute Gasteiger partial charge is 0.242 e. The monoisotopic (exact) mass is 482 g/mol. The first-order chi connectivity index (χ1) is 15.9. The van der Waals surface area contributed by atoms with Crippen LogP contribution in [0.5, 0.6) is 5.75 Å². The summed E-state index contributed by atoms with van der Waals surface area (Å²) in [4.78, 5) is 26.3. The normalized spacial score (nSPS) is 11.5. The van der Waals surface area contributed by atoms with Gasteiger partial charge < -0.3 is 15.4 Å². The van der Waals surface area contributed by atoms with E-state index in [1.54, 1.807) is 19.2 Å². The van der Waals surface area contributed by atoms with Crippen LogP contribution in [0.25, 0.3) is 0 Å². The van der Waals surface area contributed by atoms with Crippen LogP contribution in [0.1, 0.15) is 36.1 Å². The summed E-state index contributed by atoms with van der Waals surface area (Å²) in [6, 6.07) is 20.6. The molecule has 2 amide bonds. The number of rotatable bonds is 9. The van der Waals surface area contributed by atoms with E-state index in [2.05, 4.69) is 10.6 Å². The standard InChI is InChI=1S/C26H27ClN2O3S/c1-4-9-24(30)28-19-12-8-13-20(15-19)33-25(18-10-6-5-7-11-18)26(31)29-22-14-17(2)21(27)16-23(22)32-3/h5-8,10-16,25H,4,9H2,1-3H3,(H,28,30)(H,29,31). The zero-order valence-corrected chi connectivity index (χ0v) is 20.4. The van der Waals surface area contributed by atoms with Crippen LogP contribution in [-0.4, -0.2) is 18.9 Å². The largest absolute Gasteiger partial charge is 0.495 e. The van der Waals surface area contributed by atoms with E-state index in [9.17, 15) is 9.59 Å². The molecule has 2 N–H and O–H groups in total. The first-order valence-electron chi connectivity index (χ1n) is 10.7. The lowest BCUT2D eigenvalue weighted by Gasteiger charge is -2.19. The third kappa shape index (κ3) is 6.76. The highest BCUT2D eigenvalue weighted by Gasteiger charge is 2.24. The lowest BCUT2D eigenvalue weighted by Crippen LogP contribution is -2.19. The van der Waals surface area contributed by atoms with Crippen molar-refractivity contribution in [2.75, 3.05) is 17.7 Å². The number of hydrogen-bond donors (Lipinski definition) is 2. The Hall–Kier alpha value is -2.96. The van der Waals surface area contributed by atoms with E-state index in [0.29, 0.717) is 28.6 Å². The molecule has 1 unspecified atom stereocenters. The van der Waals surface area contributed by atoms with Crippen LogP contribution in [0.15, 0.2) is 71.6 Å². The summed E-state index contributed by atoms with van der Waals surface area (Å²) in [6.07, 6.45) is 1.25. The Balaban J connectivity index is 1.87. The molecular formula is C26H27ClN2O3S. The van der Waals surface area contributed by atoms with Crippen LogP contribution >= 0.6 is 23.4 Å². The second kappa shape index (κ2) is 11.8. The lowest BCUT2D eigenvalue weighted by atomic mass is 10.1. The fourth-order valence-electron chi connectivity index (χ4n) is 3.26. The van der Waals surface area contributed by atoms with Gasteiger partial charge in [-0.2, -0.15) is 0 Å². The number of thioether (sulfide) groups is 1. The fourth-order valence-corrected chi connectivity index (χ4v) is 4.50. The number of halogens is 1. The average Bonchev–Trinajstić information content (AvgIpc) is 2.80. The Labute approximate surface area is 203 Å². The molecule has 0 aliphatic rings. The maximum Gasteiger partial charge on any atom is 0.242 e. The molecule has 1 atom stereocenters. The molecule has 7 heteroatoms. The summed E-state index contributed by atoms with van der Waals surface area (Å²) in [6.45, 7) is 3.84. The molecule has 0 fully saturated rings. The number of ether oxygens (including phenoxy) is 1. The molecule has 0 heterocycles. The number of aryl methyl sites for hydroxylation is 1. The molecular weight excluding hydrogens is 456 g/mol. The number of amides is 2. The number of carbonyl (C=O) groups is 2. The molecule has 0 aromatic heterocycles. The van der Waals surface area contributed by atoms with E-state index < -0.39 is 5.25 Å². The van der Waals surface area contributed by atoms with Gasteiger partial charge >= 0.3 is 0 Å². The van der Waals surface area contributed by atoms with Crippen molar-refractivity contribution < 1.29 is 14.3 Å². The number of carbonyl (C=O) groups excluding carboxylic acids is 2. The van der Waals surface area contributed by atoms with Crippen molar-refractivity contribution in [3.63, 3.8) is 0 Å². The van der Waals surface area contributed by atoms with Crippen molar-refractivity contribution >= 4 is 46.6 Å². The van der Waals surface area contributed by atoms with E-state index in [-0.39, 0.29) is 11.8 Å². The fraction of sp³-hybridized carbons (Fsp3) is 0.231. The van der Waals surface area contributed by atoms with Gasteiger partial charge in [0.15, 0.2) is 0 Å². The highest BCUT2D eigenvalue weighted by atomic mass is 35.5. The van der Waals surface area contributed by atoms with Crippen LogP contribution < -0.4 is 15.4 Å². The van der Waals surface area contributed by atoms with Crippen molar-refractivity contribution in [3.05, 3.63) is 82.9 Å². The number of methoxy groups -OCH3 is 1. The van der Waals surface area contributed by atoms with Gasteiger partial charge in [-0.05, 0) is 48.7 Å². The third-order valence-electron chi connectivity index (χ3n) is 4.93. The molecule has 5 nitrogen and oxygen atoms in total. The maximum absolute atomic E-state index is 13.4. The van der Waals surface area contributed by atoms with E-state index >= 15 is 0 Å². The van der Waals surface area contributed by atoms with Gasteiger partial charge in [0, 0.05) is 28.1 Å². The van der Waals surface area contributed by atoms with Gasteiger partial charge in [0.1, 0.15) is 11.0 Å². The Bertz CT molecular complexity index is 1120. The molecule has 0 aliphatic carbocycles. The van der Waals surface area contributed by atoms with Crippen LogP contribution in [0.2, 0.25) is 5.02 Å². The summed E-state index contributed by atoms with van der Waals surface area (Å²) in [5.74, 6) is 0.283. The van der Waals surface area contributed by atoms with Gasteiger partial charge in [0.25, 0.3) is 0 Å². The van der Waals surface area contributed by atoms with Crippen LogP contribution in [0.3, 0.4) is 0 Å². The van der Waals surface area contributed by atoms with Crippen molar-refractivity contribution in [1.82, 2.24) is 0 Å². The summed E-state index contributed by atoms with van der Waals surface area (Å²) in [5, 5.41) is 5.96. The number of anilines is 2. The number of hydrogen-bond acceptors (Lipinski definition) is 4. The molecule has 33 heavy (non-hydrogen) atoms. The highest BCUT2D eigenvalue weighted by molar-refractivity contribution is 8.00. The Morgan fingerprint density at radius 1 is 1.03 bits per heavy atom. The van der Waals surface area contributed by atoms with E-state index in [1.807, 2.05) is 68.4 Å². The van der Waals surface area contributed by atoms with Gasteiger partial charge in [0.05, 0.1) is 12.8 Å². The molecule has 0 saturated carbocycles. The zero-order valence-electron chi connectivity index (χ0n) is 18.9. The Morgan fingerprint density at radius 2 is 1.79 bits per heavy atom. The van der Waals surface area contributed by atoms with Gasteiger partial charge in [-0.15, -0.1) is 11.8 Å². The second-order valence-corrected chi connectivity index (χ2v) is 9.11. The summed E-state index contributed by atoms with van der Waals surface area (Å²) in [7, 11) is 1.54. The van der Waals surface area contributed by atoms with Gasteiger partial charge in [-0.1, -0.05) is 54.9 Å². The molecule has 3 rings (SSSR count). The van der Waals surface area contributed by atoms with Gasteiger partial charge in [-0.3, -0.25) is 9.59 Å². The third-order valence-corrected chi connectivity index (χ3v) is 6.58. The Kier molecular flexibility index (Phi) is 8.80. The van der Waals surface area contributed by atoms with E-state index in [0.717, 1.165) is 22.4 Å². The average molecular weight is 483 g/mol. The van der Waals surface area contributed by atoms with Crippen LogP contribution in [-0.2, 0) is 9.59 Å². The minimum absolute atomic E-state index is 0.0257. The van der Waals surface area contributed by atoms with E-state index in [4.69, 9.17) is 16.3 Å². The van der Waals surface area contributed by atoms with Gasteiger partial charge in [0.2, 0.25) is 11.8 Å². The van der Waals surface area contributed by atoms with Crippen molar-refractivity contribution in [2.45, 2.75) is 36.8 Å². The van der Waals surface area contributed by atoms with Crippen molar-refractivity contribution in [3.8, 4) is 5.75 Å². The van der Waals surface area contributed by atoms with Crippen molar-refractivity contribution in [1.29, 1.82) is 0 Å². The molecule has 172 valence electrons. The first-order valence-corrected chi connectivity index (χ1v) is 11.9. The Morgan fingerprint density at radius 3 is 2.48 bits per heavy atom. The molecule has 3 aromatic carbocycles. The number of benzene rings is 3.